The number of aromatic nitrogens is 2. The molecule has 1 aromatic heterocycles. The molecule has 9 heteroatoms. The average molecular weight is 539 g/mol. The Morgan fingerprint density at radius 3 is 2.41 bits per heavy atom. The van der Waals surface area contributed by atoms with Gasteiger partial charge in [0.2, 0.25) is 5.91 Å². The van der Waals surface area contributed by atoms with Gasteiger partial charge in [-0.05, 0) is 55.0 Å². The quantitative estimate of drug-likeness (QED) is 0.359. The Balaban J connectivity index is 1.57. The molecule has 0 aliphatic rings. The second-order valence-corrected chi connectivity index (χ2v) is 10.5. The van der Waals surface area contributed by atoms with E-state index < -0.39 is 15.9 Å². The molecule has 0 aliphatic carbocycles. The summed E-state index contributed by atoms with van der Waals surface area (Å²) in [7, 11) is -3.96. The van der Waals surface area contributed by atoms with E-state index in [9.17, 15) is 13.2 Å². The van der Waals surface area contributed by atoms with Crippen molar-refractivity contribution < 1.29 is 13.2 Å². The Kier molecular flexibility index (Phi) is 7.14. The number of nitrogens with zero attached hydrogens (tertiary/aromatic N) is 3. The number of sulfonamides is 1. The number of carbonyl (C=O) groups is 1. The minimum atomic E-state index is -3.96. The summed E-state index contributed by atoms with van der Waals surface area (Å²) in [6.07, 6.45) is 5.19. The second-order valence-electron chi connectivity index (χ2n) is 7.68. The topological polar surface area (TPSA) is 84.3 Å². The largest absolute Gasteiger partial charge is 0.350 e. The highest BCUT2D eigenvalue weighted by Gasteiger charge is 2.27. The first-order valence-electron chi connectivity index (χ1n) is 10.5. The maximum atomic E-state index is 13.5. The number of halogens is 1. The van der Waals surface area contributed by atoms with Crippen LogP contribution in [0.5, 0.6) is 0 Å². The van der Waals surface area contributed by atoms with E-state index in [0.29, 0.717) is 5.69 Å². The fourth-order valence-corrected chi connectivity index (χ4v) is 5.14. The van der Waals surface area contributed by atoms with E-state index in [0.717, 1.165) is 25.6 Å². The van der Waals surface area contributed by atoms with Gasteiger partial charge in [0.1, 0.15) is 6.54 Å². The number of rotatable bonds is 8. The molecule has 0 atom stereocenters. The van der Waals surface area contributed by atoms with E-state index in [4.69, 9.17) is 0 Å². The van der Waals surface area contributed by atoms with Gasteiger partial charge >= 0.3 is 0 Å². The van der Waals surface area contributed by atoms with Crippen molar-refractivity contribution in [2.24, 2.45) is 0 Å². The summed E-state index contributed by atoms with van der Waals surface area (Å²) in [4.78, 5) is 17.1. The third-order valence-corrected chi connectivity index (χ3v) is 7.58. The maximum absolute atomic E-state index is 13.5. The SMILES string of the molecule is Cc1ccc(S(=O)(=O)N(CC(=O)NCc2ccccc2-n2ccnc2)c2ccc(Br)cc2)cc1. The van der Waals surface area contributed by atoms with E-state index in [-0.39, 0.29) is 18.0 Å². The Morgan fingerprint density at radius 1 is 1.03 bits per heavy atom. The van der Waals surface area contributed by atoms with Crippen LogP contribution < -0.4 is 9.62 Å². The van der Waals surface area contributed by atoms with Crippen LogP contribution in [0, 0.1) is 6.92 Å². The molecule has 0 spiro atoms. The first kappa shape index (κ1) is 23.7. The van der Waals surface area contributed by atoms with Crippen LogP contribution in [0.1, 0.15) is 11.1 Å². The van der Waals surface area contributed by atoms with Gasteiger partial charge in [0.05, 0.1) is 22.6 Å². The van der Waals surface area contributed by atoms with Crippen molar-refractivity contribution in [2.45, 2.75) is 18.4 Å². The lowest BCUT2D eigenvalue weighted by Gasteiger charge is -2.24. The fourth-order valence-electron chi connectivity index (χ4n) is 3.45. The zero-order chi connectivity index (χ0) is 24.1. The molecule has 4 rings (SSSR count). The van der Waals surface area contributed by atoms with Gasteiger partial charge in [-0.2, -0.15) is 0 Å². The average Bonchev–Trinajstić information content (AvgIpc) is 3.37. The Hall–Kier alpha value is -3.43. The van der Waals surface area contributed by atoms with E-state index in [1.165, 1.54) is 0 Å². The number of benzene rings is 3. The van der Waals surface area contributed by atoms with Crippen molar-refractivity contribution in [1.82, 2.24) is 14.9 Å². The first-order valence-corrected chi connectivity index (χ1v) is 12.8. The van der Waals surface area contributed by atoms with Crippen molar-refractivity contribution in [3.05, 3.63) is 107 Å². The molecule has 0 bridgehead atoms. The lowest BCUT2D eigenvalue weighted by molar-refractivity contribution is -0.119. The van der Waals surface area contributed by atoms with E-state index in [1.807, 2.05) is 42.0 Å². The number of carbonyl (C=O) groups excluding carboxylic acids is 1. The van der Waals surface area contributed by atoms with Crippen LogP contribution in [-0.2, 0) is 21.4 Å². The number of imidazole rings is 1. The predicted octanol–water partition coefficient (Wildman–Crippen LogP) is 4.45. The van der Waals surface area contributed by atoms with Gasteiger partial charge in [-0.25, -0.2) is 13.4 Å². The van der Waals surface area contributed by atoms with Crippen molar-refractivity contribution in [3.8, 4) is 5.69 Å². The normalized spacial score (nSPS) is 11.2. The molecule has 1 N–H and O–H groups in total. The Labute approximate surface area is 207 Å². The standard InChI is InChI=1S/C25H23BrN4O3S/c1-19-6-12-23(13-7-19)34(32,33)30(22-10-8-21(26)9-11-22)17-25(31)28-16-20-4-2-3-5-24(20)29-15-14-27-18-29/h2-15,18H,16-17H2,1H3,(H,28,31). The van der Waals surface area contributed by atoms with E-state index >= 15 is 0 Å². The highest BCUT2D eigenvalue weighted by molar-refractivity contribution is 9.10. The Bertz CT molecular complexity index is 1370. The van der Waals surface area contributed by atoms with Crippen LogP contribution >= 0.6 is 15.9 Å². The zero-order valence-electron chi connectivity index (χ0n) is 18.4. The van der Waals surface area contributed by atoms with Gasteiger partial charge in [0.15, 0.2) is 0 Å². The molecule has 0 saturated carbocycles. The molecule has 0 saturated heterocycles. The molecule has 174 valence electrons. The zero-order valence-corrected chi connectivity index (χ0v) is 20.8. The van der Waals surface area contributed by atoms with Crippen molar-refractivity contribution >= 4 is 37.5 Å². The van der Waals surface area contributed by atoms with Gasteiger partial charge in [0, 0.05) is 23.4 Å². The van der Waals surface area contributed by atoms with Crippen LogP contribution in [0.2, 0.25) is 0 Å². The number of para-hydroxylation sites is 1. The number of nitrogens with one attached hydrogen (secondary N) is 1. The lowest BCUT2D eigenvalue weighted by atomic mass is 10.1. The third-order valence-electron chi connectivity index (χ3n) is 5.26. The van der Waals surface area contributed by atoms with Crippen molar-refractivity contribution in [3.63, 3.8) is 0 Å². The molecule has 34 heavy (non-hydrogen) atoms. The Morgan fingerprint density at radius 2 is 1.74 bits per heavy atom. The summed E-state index contributed by atoms with van der Waals surface area (Å²) < 4.78 is 30.7. The fraction of sp³-hybridized carbons (Fsp3) is 0.120. The minimum Gasteiger partial charge on any atom is -0.350 e. The molecule has 0 aliphatic heterocycles. The van der Waals surface area contributed by atoms with Crippen molar-refractivity contribution in [1.29, 1.82) is 0 Å². The molecule has 4 aromatic rings. The first-order chi connectivity index (χ1) is 16.3. The summed E-state index contributed by atoms with van der Waals surface area (Å²) in [5.41, 5.74) is 3.11. The van der Waals surface area contributed by atoms with Gasteiger partial charge in [-0.15, -0.1) is 0 Å². The number of amides is 1. The highest BCUT2D eigenvalue weighted by Crippen LogP contribution is 2.25. The molecule has 1 amide bonds. The van der Waals surface area contributed by atoms with Gasteiger partial charge < -0.3 is 9.88 Å². The van der Waals surface area contributed by atoms with Gasteiger partial charge in [-0.1, -0.05) is 51.8 Å². The van der Waals surface area contributed by atoms with Crippen LogP contribution in [0.25, 0.3) is 5.69 Å². The molecule has 1 heterocycles. The monoisotopic (exact) mass is 538 g/mol. The summed E-state index contributed by atoms with van der Waals surface area (Å²) in [6.45, 7) is 1.77. The molecule has 0 unspecified atom stereocenters. The van der Waals surface area contributed by atoms with Gasteiger partial charge in [0.25, 0.3) is 10.0 Å². The number of anilines is 1. The van der Waals surface area contributed by atoms with Crippen LogP contribution in [-0.4, -0.2) is 30.4 Å². The predicted molar refractivity (Wildman–Crippen MR) is 135 cm³/mol. The van der Waals surface area contributed by atoms with Crippen LogP contribution in [0.4, 0.5) is 5.69 Å². The van der Waals surface area contributed by atoms with Crippen LogP contribution in [0.3, 0.4) is 0 Å². The summed E-state index contributed by atoms with van der Waals surface area (Å²) in [5.74, 6) is -0.418. The maximum Gasteiger partial charge on any atom is 0.264 e. The molecule has 3 aromatic carbocycles. The molecular weight excluding hydrogens is 516 g/mol. The number of hydrogen-bond donors (Lipinski definition) is 1. The number of aryl methyl sites for hydroxylation is 1. The molecule has 7 nitrogen and oxygen atoms in total. The summed E-state index contributed by atoms with van der Waals surface area (Å²) in [6, 6.07) is 21.0. The smallest absolute Gasteiger partial charge is 0.264 e. The summed E-state index contributed by atoms with van der Waals surface area (Å²) >= 11 is 3.37. The molecular formula is C25H23BrN4O3S. The minimum absolute atomic E-state index is 0.124. The van der Waals surface area contributed by atoms with E-state index in [2.05, 4.69) is 26.2 Å². The summed E-state index contributed by atoms with van der Waals surface area (Å²) in [5, 5.41) is 2.86. The third kappa shape index (κ3) is 5.37. The van der Waals surface area contributed by atoms with E-state index in [1.54, 1.807) is 61.1 Å². The van der Waals surface area contributed by atoms with Crippen molar-refractivity contribution in [2.75, 3.05) is 10.8 Å². The lowest BCUT2D eigenvalue weighted by Crippen LogP contribution is -2.40. The number of hydrogen-bond acceptors (Lipinski definition) is 4. The van der Waals surface area contributed by atoms with Gasteiger partial charge in [-0.3, -0.25) is 9.10 Å². The molecule has 0 fully saturated rings. The highest BCUT2D eigenvalue weighted by atomic mass is 79.9. The second kappa shape index (κ2) is 10.2. The molecule has 0 radical (unpaired) electrons. The van der Waals surface area contributed by atoms with Crippen LogP contribution in [0.15, 0.2) is 101 Å².